The molecule has 1 aliphatic heterocycles. The minimum Gasteiger partial charge on any atom is -0.444 e. The summed E-state index contributed by atoms with van der Waals surface area (Å²) in [4.78, 5) is 32.2. The van der Waals surface area contributed by atoms with Crippen LogP contribution in [0.5, 0.6) is 5.75 Å². The number of amides is 2. The van der Waals surface area contributed by atoms with E-state index in [1.54, 1.807) is 20.8 Å². The summed E-state index contributed by atoms with van der Waals surface area (Å²) in [7, 11) is 1.35. The van der Waals surface area contributed by atoms with Gasteiger partial charge in [-0.15, -0.1) is 0 Å². The minimum absolute atomic E-state index is 0.0785. The highest BCUT2D eigenvalue weighted by atomic mass is 19.3. The average molecular weight is 656 g/mol. The molecule has 0 spiro atoms. The fourth-order valence-electron chi connectivity index (χ4n) is 5.87. The average Bonchev–Trinajstić information content (AvgIpc) is 3.36. The van der Waals surface area contributed by atoms with E-state index in [1.807, 2.05) is 0 Å². The van der Waals surface area contributed by atoms with E-state index < -0.39 is 66.8 Å². The monoisotopic (exact) mass is 655 g/mol. The van der Waals surface area contributed by atoms with Crippen molar-refractivity contribution in [2.24, 2.45) is 0 Å². The van der Waals surface area contributed by atoms with Crippen molar-refractivity contribution in [1.29, 1.82) is 5.41 Å². The predicted octanol–water partition coefficient (Wildman–Crippen LogP) is 6.50. The van der Waals surface area contributed by atoms with Gasteiger partial charge < -0.3 is 29.8 Å². The van der Waals surface area contributed by atoms with Gasteiger partial charge in [-0.05, 0) is 63.4 Å². The Morgan fingerprint density at radius 2 is 1.74 bits per heavy atom. The van der Waals surface area contributed by atoms with Gasteiger partial charge in [-0.1, -0.05) is 12.1 Å². The van der Waals surface area contributed by atoms with Crippen molar-refractivity contribution in [3.63, 3.8) is 0 Å². The minimum atomic E-state index is -3.07. The maximum Gasteiger partial charge on any atom is 0.412 e. The Labute approximate surface area is 263 Å². The highest BCUT2D eigenvalue weighted by molar-refractivity contribution is 5.93. The highest BCUT2D eigenvalue weighted by Gasteiger charge is 2.53. The van der Waals surface area contributed by atoms with Crippen LogP contribution in [0.2, 0.25) is 0 Å². The Morgan fingerprint density at radius 1 is 1.09 bits per heavy atom. The van der Waals surface area contributed by atoms with Crippen molar-refractivity contribution in [3.05, 3.63) is 47.7 Å². The number of alkyl halides is 5. The molecule has 1 saturated carbocycles. The zero-order chi connectivity index (χ0) is 33.9. The van der Waals surface area contributed by atoms with Gasteiger partial charge in [-0.25, -0.2) is 22.9 Å². The number of methoxy groups -OCH3 is 1. The summed E-state index contributed by atoms with van der Waals surface area (Å²) in [5.74, 6) is -3.53. The molecule has 0 radical (unpaired) electrons. The van der Waals surface area contributed by atoms with Gasteiger partial charge >= 0.3 is 12.7 Å². The summed E-state index contributed by atoms with van der Waals surface area (Å²) in [6.07, 6.45) is -4.05. The third-order valence-electron chi connectivity index (χ3n) is 8.02. The number of hydrogen-bond donors (Lipinski definition) is 3. The number of nitrogens with one attached hydrogen (secondary N) is 3. The van der Waals surface area contributed by atoms with Crippen LogP contribution in [0.15, 0.2) is 36.4 Å². The lowest BCUT2D eigenvalue weighted by Gasteiger charge is -2.43. The van der Waals surface area contributed by atoms with Gasteiger partial charge in [0.05, 0.1) is 23.7 Å². The zero-order valence-corrected chi connectivity index (χ0v) is 25.9. The van der Waals surface area contributed by atoms with E-state index in [0.717, 1.165) is 6.21 Å². The number of nitrogens with zero attached hydrogens (tertiary/aromatic N) is 2. The lowest BCUT2D eigenvalue weighted by Crippen LogP contribution is -2.55. The van der Waals surface area contributed by atoms with Crippen molar-refractivity contribution in [2.75, 3.05) is 24.3 Å². The fraction of sp³-hybridized carbons (Fsp3) is 0.548. The van der Waals surface area contributed by atoms with Gasteiger partial charge in [0, 0.05) is 32.6 Å². The molecule has 3 atom stereocenters. The maximum atomic E-state index is 15.0. The van der Waals surface area contributed by atoms with Crippen molar-refractivity contribution < 1.29 is 45.8 Å². The fourth-order valence-corrected chi connectivity index (χ4v) is 5.87. The molecule has 15 heteroatoms. The molecule has 0 bridgehead atoms. The number of halogens is 5. The number of carbonyl (C=O) groups excluding carboxylic acids is 2. The maximum absolute atomic E-state index is 15.0. The first-order valence-electron chi connectivity index (χ1n) is 14.7. The molecule has 2 heterocycles. The van der Waals surface area contributed by atoms with Crippen LogP contribution in [0.25, 0.3) is 0 Å². The van der Waals surface area contributed by atoms with Gasteiger partial charge in [-0.2, -0.15) is 8.78 Å². The van der Waals surface area contributed by atoms with Crippen LogP contribution >= 0.6 is 0 Å². The molecule has 2 amide bonds. The molecule has 10 nitrogen and oxygen atoms in total. The summed E-state index contributed by atoms with van der Waals surface area (Å²) < 4.78 is 84.5. The number of likely N-dealkylation sites (tertiary alicyclic amines) is 1. The first-order chi connectivity index (χ1) is 21.6. The summed E-state index contributed by atoms with van der Waals surface area (Å²) in [5, 5.41) is 13.3. The SMILES string of the molecule is COC(Nc1ccc(NC(=O)OC(C)(C)C)c(C=N)n1)C1C[C@@H](F)CN1C(=O)C1(c2ccc(OC(F)F)cc2)CCC(F)(F)CC1. The molecule has 1 saturated heterocycles. The molecular weight excluding hydrogens is 617 g/mol. The van der Waals surface area contributed by atoms with E-state index >= 15 is 4.39 Å². The van der Waals surface area contributed by atoms with Crippen LogP contribution in [0.4, 0.5) is 38.3 Å². The highest BCUT2D eigenvalue weighted by Crippen LogP contribution is 2.48. The lowest BCUT2D eigenvalue weighted by atomic mass is 9.67. The Balaban J connectivity index is 1.59. The molecule has 3 N–H and O–H groups in total. The third-order valence-corrected chi connectivity index (χ3v) is 8.02. The summed E-state index contributed by atoms with van der Waals surface area (Å²) >= 11 is 0. The Kier molecular flexibility index (Phi) is 10.4. The van der Waals surface area contributed by atoms with Gasteiger partial charge in [0.1, 0.15) is 35.3 Å². The zero-order valence-electron chi connectivity index (χ0n) is 25.9. The van der Waals surface area contributed by atoms with Gasteiger partial charge in [0.2, 0.25) is 11.8 Å². The Bertz CT molecular complexity index is 1400. The molecule has 4 rings (SSSR count). The van der Waals surface area contributed by atoms with Gasteiger partial charge in [0.25, 0.3) is 0 Å². The van der Waals surface area contributed by atoms with E-state index in [9.17, 15) is 27.2 Å². The van der Waals surface area contributed by atoms with E-state index in [0.29, 0.717) is 5.56 Å². The van der Waals surface area contributed by atoms with E-state index in [4.69, 9.17) is 14.9 Å². The standard InChI is InChI=1S/C31H38F5N5O5/c1-29(2,3)46-28(43)39-21-9-10-24(38-22(21)16-37)40-25(44-4)23-15-19(32)17-41(23)26(42)30(11-13-31(35,36)14-12-30)18-5-7-20(8-6-18)45-27(33)34/h5-10,16,19,23,25,27,37H,11-15,17H2,1-4H3,(H,38,40)(H,39,43)/t19-,23?,25?/m1/s1. The molecule has 1 aliphatic carbocycles. The molecular formula is C31H38F5N5O5. The number of anilines is 2. The van der Waals surface area contributed by atoms with Gasteiger partial charge in [-0.3, -0.25) is 10.1 Å². The van der Waals surface area contributed by atoms with Crippen LogP contribution in [-0.4, -0.2) is 78.3 Å². The molecule has 2 unspecified atom stereocenters. The first kappa shape index (κ1) is 34.9. The quantitative estimate of drug-likeness (QED) is 0.152. The van der Waals surface area contributed by atoms with Crippen molar-refractivity contribution in [1.82, 2.24) is 9.88 Å². The molecule has 1 aromatic carbocycles. The largest absolute Gasteiger partial charge is 0.444 e. The molecule has 2 aromatic rings. The van der Waals surface area contributed by atoms with Crippen LogP contribution in [-0.2, 0) is 19.7 Å². The van der Waals surface area contributed by atoms with Crippen LogP contribution in [0.1, 0.15) is 64.1 Å². The number of benzene rings is 1. The summed E-state index contributed by atoms with van der Waals surface area (Å²) in [5.41, 5.74) is -1.60. The van der Waals surface area contributed by atoms with Crippen molar-refractivity contribution >= 4 is 29.7 Å². The molecule has 252 valence electrons. The number of carbonyl (C=O) groups is 2. The molecule has 46 heavy (non-hydrogen) atoms. The van der Waals surface area contributed by atoms with E-state index in [1.165, 1.54) is 48.4 Å². The van der Waals surface area contributed by atoms with Crippen molar-refractivity contribution in [2.45, 2.75) is 94.9 Å². The van der Waals surface area contributed by atoms with Crippen LogP contribution in [0, 0.1) is 5.41 Å². The second-order valence-electron chi connectivity index (χ2n) is 12.4. The molecule has 2 fully saturated rings. The second kappa shape index (κ2) is 13.8. The Hall–Kier alpha value is -4.01. The van der Waals surface area contributed by atoms with Crippen LogP contribution < -0.4 is 15.4 Å². The van der Waals surface area contributed by atoms with E-state index in [2.05, 4.69) is 20.4 Å². The van der Waals surface area contributed by atoms with E-state index in [-0.39, 0.29) is 48.8 Å². The normalized spacial score (nSPS) is 21.4. The number of aromatic nitrogens is 1. The molecule has 1 aromatic heterocycles. The van der Waals surface area contributed by atoms with Gasteiger partial charge in [0.15, 0.2) is 0 Å². The Morgan fingerprint density at radius 3 is 2.30 bits per heavy atom. The lowest BCUT2D eigenvalue weighted by molar-refractivity contribution is -0.146. The smallest absolute Gasteiger partial charge is 0.412 e. The number of ether oxygens (including phenoxy) is 3. The van der Waals surface area contributed by atoms with Crippen LogP contribution in [0.3, 0.4) is 0 Å². The number of rotatable bonds is 10. The molecule has 2 aliphatic rings. The topological polar surface area (TPSA) is 126 Å². The number of hydrogen-bond acceptors (Lipinski definition) is 8. The summed E-state index contributed by atoms with van der Waals surface area (Å²) in [6.45, 7) is 1.72. The predicted molar refractivity (Wildman–Crippen MR) is 160 cm³/mol. The first-order valence-corrected chi connectivity index (χ1v) is 14.7. The second-order valence-corrected chi connectivity index (χ2v) is 12.4. The summed E-state index contributed by atoms with van der Waals surface area (Å²) in [6, 6.07) is 7.38. The number of pyridine rings is 1. The third kappa shape index (κ3) is 8.22. The van der Waals surface area contributed by atoms with Crippen molar-refractivity contribution in [3.8, 4) is 5.75 Å².